The minimum Gasteiger partial charge on any atom is -0.371 e. The van der Waals surface area contributed by atoms with E-state index in [4.69, 9.17) is 9.47 Å². The van der Waals surface area contributed by atoms with Crippen LogP contribution in [0.2, 0.25) is 0 Å². The molecule has 2 amide bonds. The molecule has 4 rings (SSSR count). The highest BCUT2D eigenvalue weighted by molar-refractivity contribution is 7.99. The van der Waals surface area contributed by atoms with Crippen molar-refractivity contribution < 1.29 is 29.0 Å². The Morgan fingerprint density at radius 2 is 1.96 bits per heavy atom. The number of rotatable bonds is 5. The van der Waals surface area contributed by atoms with E-state index < -0.39 is 35.5 Å². The van der Waals surface area contributed by atoms with Crippen LogP contribution < -0.4 is 5.32 Å². The monoisotopic (exact) mass is 409 g/mol. The Kier molecular flexibility index (Phi) is 5.38. The number of amides is 2. The standard InChI is InChI=1S/C17H19N3O7S/c21-16(12-8-28-9-19(12)17(22)10-4-2-1-3-5-10)18-11-6-25-15-13(27-20(23)24)7-26-14(11)15/h1-5,11-15H,6-9H2,(H,18,21)/t11-,12-,13-,14+,15+/m0/s1. The van der Waals surface area contributed by atoms with Crippen LogP contribution in [0.5, 0.6) is 0 Å². The Morgan fingerprint density at radius 1 is 1.21 bits per heavy atom. The second kappa shape index (κ2) is 7.94. The summed E-state index contributed by atoms with van der Waals surface area (Å²) >= 11 is 1.51. The molecule has 0 bridgehead atoms. The predicted molar refractivity (Wildman–Crippen MR) is 97.0 cm³/mol. The quantitative estimate of drug-likeness (QED) is 0.536. The highest BCUT2D eigenvalue weighted by atomic mass is 32.2. The molecular weight excluding hydrogens is 390 g/mol. The minimum absolute atomic E-state index is 0.0284. The van der Waals surface area contributed by atoms with E-state index in [0.29, 0.717) is 17.2 Å². The maximum atomic E-state index is 12.8. The first-order chi connectivity index (χ1) is 13.5. The lowest BCUT2D eigenvalue weighted by Gasteiger charge is -2.25. The first-order valence-corrected chi connectivity index (χ1v) is 9.98. The summed E-state index contributed by atoms with van der Waals surface area (Å²) in [4.78, 5) is 42.2. The Bertz CT molecular complexity index is 764. The third-order valence-electron chi connectivity index (χ3n) is 5.02. The molecule has 1 N–H and O–H groups in total. The van der Waals surface area contributed by atoms with Gasteiger partial charge in [0.1, 0.15) is 18.2 Å². The number of carbonyl (C=O) groups is 2. The lowest BCUT2D eigenvalue weighted by atomic mass is 10.1. The summed E-state index contributed by atoms with van der Waals surface area (Å²) in [6.45, 7) is 0.200. The molecule has 0 aromatic heterocycles. The van der Waals surface area contributed by atoms with Crippen molar-refractivity contribution in [1.29, 1.82) is 0 Å². The third-order valence-corrected chi connectivity index (χ3v) is 6.04. The van der Waals surface area contributed by atoms with Crippen LogP contribution in [-0.2, 0) is 19.1 Å². The highest BCUT2D eigenvalue weighted by Gasteiger charge is 2.50. The van der Waals surface area contributed by atoms with E-state index in [0.717, 1.165) is 0 Å². The fourth-order valence-corrected chi connectivity index (χ4v) is 4.83. The molecule has 10 nitrogen and oxygen atoms in total. The van der Waals surface area contributed by atoms with Crippen molar-refractivity contribution in [3.8, 4) is 0 Å². The van der Waals surface area contributed by atoms with E-state index >= 15 is 0 Å². The van der Waals surface area contributed by atoms with Crippen molar-refractivity contribution in [1.82, 2.24) is 10.2 Å². The average Bonchev–Trinajstić information content (AvgIpc) is 3.40. The van der Waals surface area contributed by atoms with E-state index in [1.807, 2.05) is 6.07 Å². The number of nitrogens with one attached hydrogen (secondary N) is 1. The number of hydrogen-bond donors (Lipinski definition) is 1. The molecule has 3 aliphatic rings. The van der Waals surface area contributed by atoms with Crippen LogP contribution in [0.1, 0.15) is 10.4 Å². The van der Waals surface area contributed by atoms with E-state index in [2.05, 4.69) is 10.2 Å². The molecule has 0 unspecified atom stereocenters. The molecule has 0 radical (unpaired) electrons. The van der Waals surface area contributed by atoms with Gasteiger partial charge < -0.3 is 24.5 Å². The van der Waals surface area contributed by atoms with Crippen molar-refractivity contribution >= 4 is 23.6 Å². The normalized spacial score (nSPS) is 31.4. The predicted octanol–water partition coefficient (Wildman–Crippen LogP) is 0.0610. The first kappa shape index (κ1) is 19.0. The molecule has 3 saturated heterocycles. The fraction of sp³-hybridized carbons (Fsp3) is 0.529. The second-order valence-electron chi connectivity index (χ2n) is 6.74. The van der Waals surface area contributed by atoms with Crippen molar-refractivity contribution in [2.45, 2.75) is 30.4 Å². The van der Waals surface area contributed by atoms with Crippen LogP contribution in [0.15, 0.2) is 30.3 Å². The van der Waals surface area contributed by atoms with Crippen LogP contribution in [0, 0.1) is 10.1 Å². The molecule has 11 heteroatoms. The molecule has 0 saturated carbocycles. The van der Waals surface area contributed by atoms with E-state index in [9.17, 15) is 19.7 Å². The first-order valence-electron chi connectivity index (χ1n) is 8.83. The Hall–Kier alpha value is -2.37. The van der Waals surface area contributed by atoms with Gasteiger partial charge in [-0.3, -0.25) is 9.59 Å². The summed E-state index contributed by atoms with van der Waals surface area (Å²) in [7, 11) is 0. The zero-order chi connectivity index (χ0) is 19.7. The van der Waals surface area contributed by atoms with Crippen LogP contribution in [0.25, 0.3) is 0 Å². The molecule has 1 aromatic carbocycles. The summed E-state index contributed by atoms with van der Waals surface area (Å²) < 4.78 is 11.1. The Balaban J connectivity index is 1.38. The molecule has 1 aromatic rings. The Morgan fingerprint density at radius 3 is 2.71 bits per heavy atom. The van der Waals surface area contributed by atoms with Gasteiger partial charge in [-0.15, -0.1) is 21.9 Å². The topological polar surface area (TPSA) is 120 Å². The summed E-state index contributed by atoms with van der Waals surface area (Å²) in [6.07, 6.45) is -1.92. The van der Waals surface area contributed by atoms with Crippen molar-refractivity contribution in [2.24, 2.45) is 0 Å². The number of nitrogens with zero attached hydrogens (tertiary/aromatic N) is 2. The third kappa shape index (κ3) is 3.64. The van der Waals surface area contributed by atoms with Gasteiger partial charge in [0.15, 0.2) is 6.10 Å². The fourth-order valence-electron chi connectivity index (χ4n) is 3.67. The zero-order valence-electron chi connectivity index (χ0n) is 14.8. The van der Waals surface area contributed by atoms with Crippen molar-refractivity contribution in [3.05, 3.63) is 46.0 Å². The highest BCUT2D eigenvalue weighted by Crippen LogP contribution is 2.30. The second-order valence-corrected chi connectivity index (χ2v) is 7.73. The number of benzene rings is 1. The number of carbonyl (C=O) groups excluding carboxylic acids is 2. The van der Waals surface area contributed by atoms with Gasteiger partial charge in [-0.1, -0.05) is 18.2 Å². The van der Waals surface area contributed by atoms with E-state index in [-0.39, 0.29) is 25.0 Å². The maximum absolute atomic E-state index is 12.8. The lowest BCUT2D eigenvalue weighted by molar-refractivity contribution is -0.769. The largest absolute Gasteiger partial charge is 0.371 e. The number of ether oxygens (including phenoxy) is 2. The lowest BCUT2D eigenvalue weighted by Crippen LogP contribution is -2.53. The van der Waals surface area contributed by atoms with Crippen molar-refractivity contribution in [2.75, 3.05) is 24.8 Å². The van der Waals surface area contributed by atoms with Gasteiger partial charge in [-0.2, -0.15) is 0 Å². The number of fused-ring (bicyclic) bond motifs is 1. The smallest absolute Gasteiger partial charge is 0.294 e. The maximum Gasteiger partial charge on any atom is 0.294 e. The molecule has 28 heavy (non-hydrogen) atoms. The summed E-state index contributed by atoms with van der Waals surface area (Å²) in [5, 5.41) is 12.6. The van der Waals surface area contributed by atoms with Crippen LogP contribution in [-0.4, -0.2) is 77.0 Å². The van der Waals surface area contributed by atoms with Gasteiger partial charge in [0, 0.05) is 11.3 Å². The molecule has 3 fully saturated rings. The van der Waals surface area contributed by atoms with Crippen LogP contribution >= 0.6 is 11.8 Å². The summed E-state index contributed by atoms with van der Waals surface area (Å²) in [6, 6.07) is 7.79. The summed E-state index contributed by atoms with van der Waals surface area (Å²) in [5.74, 6) is 0.461. The molecule has 3 aliphatic heterocycles. The van der Waals surface area contributed by atoms with Crippen molar-refractivity contribution in [3.63, 3.8) is 0 Å². The van der Waals surface area contributed by atoms with E-state index in [1.54, 1.807) is 29.2 Å². The summed E-state index contributed by atoms with van der Waals surface area (Å²) in [5.41, 5.74) is 0.533. The molecule has 150 valence electrons. The molecular formula is C17H19N3O7S. The van der Waals surface area contributed by atoms with Gasteiger partial charge >= 0.3 is 0 Å². The Labute approximate surface area is 164 Å². The van der Waals surface area contributed by atoms with Gasteiger partial charge in [-0.05, 0) is 12.1 Å². The molecule has 0 spiro atoms. The van der Waals surface area contributed by atoms with Gasteiger partial charge in [0.25, 0.3) is 11.0 Å². The average molecular weight is 409 g/mol. The number of hydrogen-bond acceptors (Lipinski definition) is 8. The molecule has 5 atom stereocenters. The van der Waals surface area contributed by atoms with Crippen LogP contribution in [0.4, 0.5) is 0 Å². The van der Waals surface area contributed by atoms with E-state index in [1.165, 1.54) is 11.8 Å². The number of thioether (sulfide) groups is 1. The SMILES string of the molecule is O=C(N[C@H]1CO[C@H]2[C@@H]1OC[C@@H]2O[N+](=O)[O-])[C@@H]1CSCN1C(=O)c1ccccc1. The van der Waals surface area contributed by atoms with Gasteiger partial charge in [0.2, 0.25) is 5.91 Å². The van der Waals surface area contributed by atoms with Gasteiger partial charge in [0.05, 0.1) is 25.1 Å². The minimum atomic E-state index is -0.867. The van der Waals surface area contributed by atoms with Gasteiger partial charge in [-0.25, -0.2) is 0 Å². The van der Waals surface area contributed by atoms with Crippen LogP contribution in [0.3, 0.4) is 0 Å². The molecule has 0 aliphatic carbocycles. The molecule has 3 heterocycles. The zero-order valence-corrected chi connectivity index (χ0v) is 15.6.